The van der Waals surface area contributed by atoms with E-state index in [1.165, 1.54) is 12.1 Å². The summed E-state index contributed by atoms with van der Waals surface area (Å²) in [7, 11) is 5.33. The van der Waals surface area contributed by atoms with Crippen molar-refractivity contribution in [3.8, 4) is 0 Å². The highest BCUT2D eigenvalue weighted by atomic mass is 19.1. The predicted molar refractivity (Wildman–Crippen MR) is 92.6 cm³/mol. The van der Waals surface area contributed by atoms with E-state index >= 15 is 0 Å². The molecule has 0 saturated heterocycles. The summed E-state index contributed by atoms with van der Waals surface area (Å²) >= 11 is 0. The first-order valence-corrected chi connectivity index (χ1v) is 8.29. The van der Waals surface area contributed by atoms with Crippen LogP contribution in [-0.2, 0) is 11.2 Å². The van der Waals surface area contributed by atoms with Crippen LogP contribution in [0.5, 0.6) is 0 Å². The number of amides is 1. The number of hydrogen-bond donors (Lipinski definition) is 0. The molecule has 2 rings (SSSR count). The molecule has 0 aliphatic heterocycles. The fourth-order valence-corrected chi connectivity index (χ4v) is 2.53. The van der Waals surface area contributed by atoms with E-state index in [4.69, 9.17) is 4.52 Å². The number of rotatable bonds is 7. The normalized spacial score (nSPS) is 12.6. The second-order valence-corrected chi connectivity index (χ2v) is 6.63. The lowest BCUT2D eigenvalue weighted by Gasteiger charge is -2.28. The maximum absolute atomic E-state index is 13.5. The molecule has 1 heterocycles. The summed E-state index contributed by atoms with van der Waals surface area (Å²) in [4.78, 5) is 20.5. The molecule has 0 N–H and O–H groups in total. The molecule has 0 saturated carbocycles. The van der Waals surface area contributed by atoms with Crippen molar-refractivity contribution < 1.29 is 13.7 Å². The Balaban J connectivity index is 2.05. The number of carbonyl (C=O) groups excluding carboxylic acids is 1. The fourth-order valence-electron chi connectivity index (χ4n) is 2.53. The Morgan fingerprint density at radius 2 is 2.00 bits per heavy atom. The molecule has 0 spiro atoms. The highest BCUT2D eigenvalue weighted by molar-refractivity contribution is 5.83. The predicted octanol–water partition coefficient (Wildman–Crippen LogP) is 2.64. The van der Waals surface area contributed by atoms with Crippen LogP contribution in [0, 0.1) is 5.82 Å². The van der Waals surface area contributed by atoms with Crippen LogP contribution >= 0.6 is 0 Å². The maximum Gasteiger partial charge on any atom is 0.244 e. The Hall–Kier alpha value is -2.28. The number of halogens is 1. The maximum atomic E-state index is 13.5. The van der Waals surface area contributed by atoms with Gasteiger partial charge in [0.1, 0.15) is 11.9 Å². The van der Waals surface area contributed by atoms with Gasteiger partial charge in [-0.2, -0.15) is 4.98 Å². The van der Waals surface area contributed by atoms with Crippen LogP contribution in [-0.4, -0.2) is 53.5 Å². The summed E-state index contributed by atoms with van der Waals surface area (Å²) in [5, 5.41) is 3.93. The fraction of sp³-hybridized carbons (Fsp3) is 0.500. The van der Waals surface area contributed by atoms with Crippen molar-refractivity contribution >= 4 is 5.91 Å². The lowest BCUT2D eigenvalue weighted by molar-refractivity contribution is -0.135. The van der Waals surface area contributed by atoms with Gasteiger partial charge in [-0.25, -0.2) is 4.39 Å². The van der Waals surface area contributed by atoms with Gasteiger partial charge < -0.3 is 9.42 Å². The molecule has 0 radical (unpaired) electrons. The van der Waals surface area contributed by atoms with Crippen LogP contribution in [0.15, 0.2) is 28.8 Å². The minimum atomic E-state index is -0.544. The molecule has 1 amide bonds. The number of likely N-dealkylation sites (N-methyl/N-ethyl adjacent to an activating group) is 2. The van der Waals surface area contributed by atoms with Gasteiger partial charge in [0.2, 0.25) is 11.8 Å². The van der Waals surface area contributed by atoms with Crippen molar-refractivity contribution in [1.82, 2.24) is 19.9 Å². The molecule has 0 aliphatic carbocycles. The minimum absolute atomic E-state index is 0.108. The lowest BCUT2D eigenvalue weighted by Crippen LogP contribution is -2.39. The number of benzene rings is 1. The van der Waals surface area contributed by atoms with E-state index in [0.717, 1.165) is 0 Å². The first-order chi connectivity index (χ1) is 11.8. The zero-order chi connectivity index (χ0) is 18.6. The summed E-state index contributed by atoms with van der Waals surface area (Å²) in [6.45, 7) is 4.41. The van der Waals surface area contributed by atoms with Crippen LogP contribution in [0.2, 0.25) is 0 Å². The third-order valence-corrected chi connectivity index (χ3v) is 3.94. The Labute approximate surface area is 147 Å². The zero-order valence-electron chi connectivity index (χ0n) is 15.4. The first kappa shape index (κ1) is 19.1. The van der Waals surface area contributed by atoms with Gasteiger partial charge in [-0.05, 0) is 31.8 Å². The Kier molecular flexibility index (Phi) is 6.25. The molecule has 2 aromatic rings. The second-order valence-electron chi connectivity index (χ2n) is 6.63. The van der Waals surface area contributed by atoms with Crippen LogP contribution in [0.3, 0.4) is 0 Å². The van der Waals surface area contributed by atoms with Crippen molar-refractivity contribution in [3.05, 3.63) is 47.4 Å². The lowest BCUT2D eigenvalue weighted by atomic mass is 10.0. The van der Waals surface area contributed by atoms with Crippen molar-refractivity contribution in [2.45, 2.75) is 32.2 Å². The Bertz CT molecular complexity index is 715. The summed E-state index contributed by atoms with van der Waals surface area (Å²) in [6.07, 6.45) is 0.502. The summed E-state index contributed by atoms with van der Waals surface area (Å²) in [6, 6.07) is 5.59. The Morgan fingerprint density at radius 3 is 2.56 bits per heavy atom. The summed E-state index contributed by atoms with van der Waals surface area (Å²) in [5.74, 6) is 0.883. The van der Waals surface area contributed by atoms with Crippen LogP contribution < -0.4 is 0 Å². The quantitative estimate of drug-likeness (QED) is 0.770. The highest BCUT2D eigenvalue weighted by Gasteiger charge is 2.26. The molecule has 25 heavy (non-hydrogen) atoms. The smallest absolute Gasteiger partial charge is 0.244 e. The van der Waals surface area contributed by atoms with Crippen molar-refractivity contribution in [2.24, 2.45) is 0 Å². The average Bonchev–Trinajstić information content (AvgIpc) is 3.01. The van der Waals surface area contributed by atoms with E-state index in [0.29, 0.717) is 30.2 Å². The van der Waals surface area contributed by atoms with Gasteiger partial charge in [0.25, 0.3) is 0 Å². The molecule has 1 atom stereocenters. The number of nitrogens with zero attached hydrogens (tertiary/aromatic N) is 4. The van der Waals surface area contributed by atoms with E-state index in [9.17, 15) is 9.18 Å². The minimum Gasteiger partial charge on any atom is -0.344 e. The zero-order valence-corrected chi connectivity index (χ0v) is 15.4. The molecule has 0 unspecified atom stereocenters. The number of carbonyl (C=O) groups is 1. The van der Waals surface area contributed by atoms with Crippen LogP contribution in [0.25, 0.3) is 0 Å². The third-order valence-electron chi connectivity index (χ3n) is 3.94. The molecular weight excluding hydrogens is 323 g/mol. The Morgan fingerprint density at radius 1 is 1.28 bits per heavy atom. The molecule has 6 nitrogen and oxygen atoms in total. The summed E-state index contributed by atoms with van der Waals surface area (Å²) < 4.78 is 18.7. The van der Waals surface area contributed by atoms with Gasteiger partial charge in [-0.3, -0.25) is 9.69 Å². The first-order valence-electron chi connectivity index (χ1n) is 8.29. The second kappa shape index (κ2) is 8.20. The van der Waals surface area contributed by atoms with Gasteiger partial charge in [-0.15, -0.1) is 0 Å². The SMILES string of the molecule is CC(C)c1nc(CCN(C)C(=O)[C@@H](c2cccc(F)c2)N(C)C)no1. The van der Waals surface area contributed by atoms with Crippen molar-refractivity contribution in [2.75, 3.05) is 27.7 Å². The average molecular weight is 348 g/mol. The van der Waals surface area contributed by atoms with E-state index < -0.39 is 6.04 Å². The van der Waals surface area contributed by atoms with E-state index in [1.807, 2.05) is 13.8 Å². The monoisotopic (exact) mass is 348 g/mol. The van der Waals surface area contributed by atoms with Gasteiger partial charge >= 0.3 is 0 Å². The largest absolute Gasteiger partial charge is 0.344 e. The molecule has 0 fully saturated rings. The van der Waals surface area contributed by atoms with Crippen LogP contribution in [0.1, 0.15) is 43.1 Å². The molecular formula is C18H25FN4O2. The van der Waals surface area contributed by atoms with E-state index in [-0.39, 0.29) is 17.6 Å². The van der Waals surface area contributed by atoms with Gasteiger partial charge in [0.15, 0.2) is 5.82 Å². The van der Waals surface area contributed by atoms with Crippen LogP contribution in [0.4, 0.5) is 4.39 Å². The molecule has 0 bridgehead atoms. The van der Waals surface area contributed by atoms with Gasteiger partial charge in [-0.1, -0.05) is 31.1 Å². The van der Waals surface area contributed by atoms with Crippen molar-refractivity contribution in [3.63, 3.8) is 0 Å². The molecule has 7 heteroatoms. The van der Waals surface area contributed by atoms with Crippen molar-refractivity contribution in [1.29, 1.82) is 0 Å². The molecule has 0 aliphatic rings. The summed E-state index contributed by atoms with van der Waals surface area (Å²) in [5.41, 5.74) is 0.628. The molecule has 1 aromatic heterocycles. The van der Waals surface area contributed by atoms with Gasteiger partial charge in [0, 0.05) is 25.9 Å². The number of hydrogen-bond acceptors (Lipinski definition) is 5. The van der Waals surface area contributed by atoms with E-state index in [2.05, 4.69) is 10.1 Å². The molecule has 136 valence electrons. The highest BCUT2D eigenvalue weighted by Crippen LogP contribution is 2.21. The topological polar surface area (TPSA) is 62.5 Å². The molecule has 1 aromatic carbocycles. The van der Waals surface area contributed by atoms with Gasteiger partial charge in [0.05, 0.1) is 0 Å². The number of aromatic nitrogens is 2. The standard InChI is InChI=1S/C18H25FN4O2/c1-12(2)17-20-15(21-25-17)9-10-23(5)18(24)16(22(3)4)13-7-6-8-14(19)11-13/h6-8,11-12,16H,9-10H2,1-5H3/t16-/m1/s1. The van der Waals surface area contributed by atoms with E-state index in [1.54, 1.807) is 43.1 Å². The third kappa shape index (κ3) is 4.85.